The van der Waals surface area contributed by atoms with Gasteiger partial charge >= 0.3 is 0 Å². The Morgan fingerprint density at radius 2 is 0.568 bits per heavy atom. The predicted octanol–water partition coefficient (Wildman–Crippen LogP) is 17.6. The highest BCUT2D eigenvalue weighted by Crippen LogP contribution is 2.44. The quantitative estimate of drug-likeness (QED) is 0.0902. The number of hydrogen-bond donors (Lipinski definition) is 0. The summed E-state index contributed by atoms with van der Waals surface area (Å²) in [5.74, 6) is 0. The monoisotopic (exact) mass is 1050 g/mol. The van der Waals surface area contributed by atoms with Gasteiger partial charge in [0.05, 0.1) is 33.4 Å². The normalized spacial score (nSPS) is 11.7. The van der Waals surface area contributed by atoms with Crippen LogP contribution in [-0.2, 0) is 0 Å². The first kappa shape index (κ1) is 47.9. The maximum atomic E-state index is 2.57. The topological polar surface area (TPSA) is 9.86 Å². The molecule has 2 aromatic heterocycles. The average molecular weight is 1050 g/mol. The number of fused-ring (bicyclic) bond motifs is 6. The van der Waals surface area contributed by atoms with Crippen LogP contribution in [-0.4, -0.2) is 17.2 Å². The summed E-state index contributed by atoms with van der Waals surface area (Å²) in [6, 6.07) is 122. The lowest BCUT2D eigenvalue weighted by Gasteiger charge is -2.36. The Morgan fingerprint density at radius 1 is 0.198 bits per heavy atom. The molecule has 0 amide bonds. The van der Waals surface area contributed by atoms with Crippen LogP contribution >= 0.6 is 0 Å². The molecule has 0 fully saturated rings. The van der Waals surface area contributed by atoms with Gasteiger partial charge in [0.1, 0.15) is 0 Å². The van der Waals surface area contributed by atoms with E-state index in [1.807, 2.05) is 0 Å². The third kappa shape index (κ3) is 8.08. The van der Waals surface area contributed by atoms with Gasteiger partial charge < -0.3 is 9.13 Å². The number of nitrogens with zero attached hydrogens (tertiary/aromatic N) is 2. The molecule has 0 saturated carbocycles. The summed E-state index contributed by atoms with van der Waals surface area (Å²) in [6.07, 6.45) is 0. The number of rotatable bonds is 11. The lowest BCUT2D eigenvalue weighted by Crippen LogP contribution is -2.74. The molecule has 0 spiro atoms. The van der Waals surface area contributed by atoms with Gasteiger partial charge in [-0.3, -0.25) is 0 Å². The zero-order valence-electron chi connectivity index (χ0n) is 44.6. The molecule has 0 unspecified atom stereocenters. The molecule has 0 aliphatic carbocycles. The molecule has 0 aliphatic heterocycles. The highest BCUT2D eigenvalue weighted by Gasteiger charge is 2.43. The number of para-hydroxylation sites is 3. The van der Waals surface area contributed by atoms with E-state index in [-0.39, 0.29) is 0 Å². The number of benzene rings is 13. The molecule has 0 radical (unpaired) electrons. The second kappa shape index (κ2) is 20.2. The lowest BCUT2D eigenvalue weighted by atomic mass is 9.95. The van der Waals surface area contributed by atoms with Crippen molar-refractivity contribution in [1.82, 2.24) is 9.13 Å². The van der Waals surface area contributed by atoms with Crippen LogP contribution in [0.15, 0.2) is 328 Å². The molecule has 2 nitrogen and oxygen atoms in total. The summed E-state index contributed by atoms with van der Waals surface area (Å²) in [4.78, 5) is 0. The first-order valence-electron chi connectivity index (χ1n) is 28.0. The fourth-order valence-electron chi connectivity index (χ4n) is 13.0. The van der Waals surface area contributed by atoms with Crippen molar-refractivity contribution in [1.29, 1.82) is 0 Å². The van der Waals surface area contributed by atoms with E-state index in [2.05, 4.69) is 337 Å². The molecule has 3 heteroatoms. The number of hydrogen-bond acceptors (Lipinski definition) is 0. The molecule has 0 aliphatic rings. The zero-order chi connectivity index (χ0) is 53.7. The van der Waals surface area contributed by atoms with Crippen molar-refractivity contribution >= 4 is 72.4 Å². The van der Waals surface area contributed by atoms with Gasteiger partial charge in [0.15, 0.2) is 8.07 Å². The van der Waals surface area contributed by atoms with Crippen molar-refractivity contribution in [2.45, 2.75) is 0 Å². The largest absolute Gasteiger partial charge is 0.309 e. The minimum absolute atomic E-state index is 1.15. The summed E-state index contributed by atoms with van der Waals surface area (Å²) < 4.78 is 5.01. The first-order valence-corrected chi connectivity index (χ1v) is 30.0. The van der Waals surface area contributed by atoms with Crippen LogP contribution in [0.4, 0.5) is 0 Å². The molecule has 0 saturated heterocycles. The van der Waals surface area contributed by atoms with Crippen molar-refractivity contribution in [3.05, 3.63) is 328 Å². The molecule has 2 heterocycles. The van der Waals surface area contributed by atoms with E-state index in [4.69, 9.17) is 0 Å². The number of aromatic nitrogens is 2. The van der Waals surface area contributed by atoms with E-state index in [9.17, 15) is 0 Å². The SMILES string of the molecule is c1ccc(-c2cccc([Si](c3ccccc3)(c3ccccc3)c3cc(-c4ccccc4)c(-n4c5ccccc5c5cc(-c6ccc7c(c6)c6ccccc6n7-c6ccccc6-c6ccccc6)ccc54)c(-c4ccccc4)c3)c2)cc1. The smallest absolute Gasteiger partial charge is 0.179 e. The van der Waals surface area contributed by atoms with E-state index in [1.165, 1.54) is 104 Å². The van der Waals surface area contributed by atoms with Crippen LogP contribution in [0.25, 0.3) is 111 Å². The van der Waals surface area contributed by atoms with E-state index in [0.29, 0.717) is 0 Å². The Kier molecular flexibility index (Phi) is 11.9. The van der Waals surface area contributed by atoms with Crippen LogP contribution < -0.4 is 20.7 Å². The minimum atomic E-state index is -3.14. The van der Waals surface area contributed by atoms with Crippen molar-refractivity contribution in [3.8, 4) is 67.0 Å². The highest BCUT2D eigenvalue weighted by molar-refractivity contribution is 7.20. The second-order valence-electron chi connectivity index (χ2n) is 21.1. The Morgan fingerprint density at radius 3 is 1.10 bits per heavy atom. The van der Waals surface area contributed by atoms with Crippen molar-refractivity contribution in [2.75, 3.05) is 0 Å². The Labute approximate surface area is 473 Å². The Balaban J connectivity index is 0.982. The standard InChI is InChI=1S/C78H54N2Si/c1-7-26-55(27-8-1)59-34-25-39-64(50-59)81(62-35-15-5-16-36-62,63-37-17-6-18-38-63)65-53-69(57-30-11-3-12-31-57)78(70(54-65)58-32-13-4-14-33-58)80-75-45-24-21-42-68(75)72-52-61(47-49-77(72)80)60-46-48-76-71(51-60)67-41-20-23-44-74(67)79(76)73-43-22-19-40-66(73)56-28-9-2-10-29-56/h1-54H. The van der Waals surface area contributed by atoms with Gasteiger partial charge in [-0.2, -0.15) is 0 Å². The van der Waals surface area contributed by atoms with Gasteiger partial charge in [-0.05, 0) is 102 Å². The molecule has 15 aromatic rings. The minimum Gasteiger partial charge on any atom is -0.309 e. The average Bonchev–Trinajstić information content (AvgIpc) is 3.70. The van der Waals surface area contributed by atoms with Gasteiger partial charge in [-0.25, -0.2) is 0 Å². The van der Waals surface area contributed by atoms with E-state index in [1.54, 1.807) is 0 Å². The highest BCUT2D eigenvalue weighted by atomic mass is 28.3. The maximum Gasteiger partial charge on any atom is 0.179 e. The maximum absolute atomic E-state index is 3.14. The molecule has 0 atom stereocenters. The third-order valence-corrected chi connectivity index (χ3v) is 21.4. The van der Waals surface area contributed by atoms with E-state index >= 15 is 0 Å². The predicted molar refractivity (Wildman–Crippen MR) is 346 cm³/mol. The molecule has 13 aromatic carbocycles. The van der Waals surface area contributed by atoms with E-state index in [0.717, 1.165) is 27.8 Å². The van der Waals surface area contributed by atoms with Gasteiger partial charge in [-0.15, -0.1) is 0 Å². The van der Waals surface area contributed by atoms with Crippen LogP contribution in [0.3, 0.4) is 0 Å². The van der Waals surface area contributed by atoms with Gasteiger partial charge in [0.2, 0.25) is 0 Å². The fourth-order valence-corrected chi connectivity index (χ4v) is 17.9. The summed E-state index contributed by atoms with van der Waals surface area (Å²) >= 11 is 0. The van der Waals surface area contributed by atoms with Crippen molar-refractivity contribution in [3.63, 3.8) is 0 Å². The lowest BCUT2D eigenvalue weighted by molar-refractivity contribution is 1.18. The summed E-state index contributed by atoms with van der Waals surface area (Å²) in [6.45, 7) is 0. The second-order valence-corrected chi connectivity index (χ2v) is 24.9. The van der Waals surface area contributed by atoms with Crippen LogP contribution in [0.2, 0.25) is 0 Å². The van der Waals surface area contributed by atoms with Crippen LogP contribution in [0.1, 0.15) is 0 Å². The van der Waals surface area contributed by atoms with Crippen molar-refractivity contribution in [2.24, 2.45) is 0 Å². The summed E-state index contributed by atoms with van der Waals surface area (Å²) in [5, 5.41) is 10.2. The Hall–Kier alpha value is -10.3. The summed E-state index contributed by atoms with van der Waals surface area (Å²) in [5.41, 5.74) is 18.9. The van der Waals surface area contributed by atoms with E-state index < -0.39 is 8.07 Å². The van der Waals surface area contributed by atoms with Gasteiger partial charge in [0, 0.05) is 38.2 Å². The molecule has 15 rings (SSSR count). The van der Waals surface area contributed by atoms with Gasteiger partial charge in [-0.1, -0.05) is 285 Å². The Bertz CT molecular complexity index is 4680. The molecule has 0 bridgehead atoms. The van der Waals surface area contributed by atoms with Crippen molar-refractivity contribution < 1.29 is 0 Å². The van der Waals surface area contributed by atoms with Crippen LogP contribution in [0, 0.1) is 0 Å². The molecule has 380 valence electrons. The molecular formula is C78H54N2Si. The fraction of sp³-hybridized carbons (Fsp3) is 0. The summed E-state index contributed by atoms with van der Waals surface area (Å²) in [7, 11) is -3.14. The zero-order valence-corrected chi connectivity index (χ0v) is 45.6. The molecule has 0 N–H and O–H groups in total. The van der Waals surface area contributed by atoms with Gasteiger partial charge in [0.25, 0.3) is 0 Å². The molecular weight excluding hydrogens is 993 g/mol. The molecule has 81 heavy (non-hydrogen) atoms. The third-order valence-electron chi connectivity index (χ3n) is 16.7. The first-order chi connectivity index (χ1) is 40.2. The van der Waals surface area contributed by atoms with Crippen LogP contribution in [0.5, 0.6) is 0 Å².